The van der Waals surface area contributed by atoms with Gasteiger partial charge in [0.05, 0.1) is 14.2 Å². The number of aryl methyl sites for hydroxylation is 1. The molecule has 0 heterocycles. The topological polar surface area (TPSA) is 52.6 Å². The zero-order valence-corrected chi connectivity index (χ0v) is 15.7. The van der Waals surface area contributed by atoms with Gasteiger partial charge in [-0.15, -0.1) is 0 Å². The van der Waals surface area contributed by atoms with Crippen molar-refractivity contribution in [2.45, 2.75) is 19.8 Å². The van der Waals surface area contributed by atoms with Crippen molar-refractivity contribution in [2.24, 2.45) is 0 Å². The summed E-state index contributed by atoms with van der Waals surface area (Å²) in [6, 6.07) is 17.8. The van der Waals surface area contributed by atoms with Crippen LogP contribution in [0.2, 0.25) is 0 Å². The first-order valence-electron chi connectivity index (χ1n) is 8.81. The molecule has 4 heteroatoms. The first kappa shape index (κ1) is 18.6. The minimum Gasteiger partial charge on any atom is -0.496 e. The fourth-order valence-electron chi connectivity index (χ4n) is 3.23. The van der Waals surface area contributed by atoms with Crippen molar-refractivity contribution in [3.63, 3.8) is 0 Å². The van der Waals surface area contributed by atoms with Crippen molar-refractivity contribution in [3.8, 4) is 16.9 Å². The number of esters is 1. The molecule has 0 spiro atoms. The van der Waals surface area contributed by atoms with Gasteiger partial charge < -0.3 is 9.47 Å². The van der Waals surface area contributed by atoms with Crippen LogP contribution in [0.1, 0.15) is 29.3 Å². The summed E-state index contributed by atoms with van der Waals surface area (Å²) >= 11 is 0. The summed E-state index contributed by atoms with van der Waals surface area (Å²) in [7, 11) is 3.00. The highest BCUT2D eigenvalue weighted by Gasteiger charge is 2.13. The number of ketones is 1. The Balaban J connectivity index is 2.13. The molecule has 3 aromatic rings. The molecule has 27 heavy (non-hydrogen) atoms. The van der Waals surface area contributed by atoms with Crippen LogP contribution in [0.25, 0.3) is 21.9 Å². The van der Waals surface area contributed by atoms with Crippen LogP contribution >= 0.6 is 0 Å². The normalized spacial score (nSPS) is 10.6. The fourth-order valence-corrected chi connectivity index (χ4v) is 3.23. The van der Waals surface area contributed by atoms with Crippen LogP contribution in [-0.2, 0) is 16.0 Å². The van der Waals surface area contributed by atoms with Gasteiger partial charge in [-0.3, -0.25) is 9.59 Å². The predicted octanol–water partition coefficient (Wildman–Crippen LogP) is 4.82. The Morgan fingerprint density at radius 2 is 1.74 bits per heavy atom. The minimum atomic E-state index is -0.258. The smallest absolute Gasteiger partial charge is 0.305 e. The molecule has 0 N–H and O–H groups in total. The zero-order chi connectivity index (χ0) is 19.4. The molecule has 138 valence electrons. The summed E-state index contributed by atoms with van der Waals surface area (Å²) in [4.78, 5) is 23.5. The van der Waals surface area contributed by atoms with Gasteiger partial charge in [0.1, 0.15) is 5.75 Å². The Kier molecular flexibility index (Phi) is 5.55. The number of ether oxygens (including phenoxy) is 2. The molecule has 0 amide bonds. The van der Waals surface area contributed by atoms with Gasteiger partial charge in [-0.25, -0.2) is 0 Å². The summed E-state index contributed by atoms with van der Waals surface area (Å²) in [6.07, 6.45) is 0.804. The average molecular weight is 362 g/mol. The van der Waals surface area contributed by atoms with Crippen molar-refractivity contribution >= 4 is 22.5 Å². The quantitative estimate of drug-likeness (QED) is 0.466. The molecular weight excluding hydrogens is 340 g/mol. The van der Waals surface area contributed by atoms with E-state index >= 15 is 0 Å². The molecule has 0 aliphatic carbocycles. The number of Topliss-reactive ketones (excluding diaryl/α,β-unsaturated/α-hetero) is 1. The first-order chi connectivity index (χ1) is 13.0. The Bertz CT molecular complexity index is 1000. The van der Waals surface area contributed by atoms with Crippen molar-refractivity contribution in [3.05, 3.63) is 65.7 Å². The molecule has 0 unspecified atom stereocenters. The number of carbonyl (C=O) groups is 2. The van der Waals surface area contributed by atoms with Crippen LogP contribution in [0.5, 0.6) is 5.75 Å². The molecular formula is C23H22O4. The second kappa shape index (κ2) is 8.04. The molecule has 0 saturated heterocycles. The van der Waals surface area contributed by atoms with E-state index in [9.17, 15) is 9.59 Å². The maximum Gasteiger partial charge on any atom is 0.305 e. The lowest BCUT2D eigenvalue weighted by Gasteiger charge is -2.13. The third kappa shape index (κ3) is 4.00. The lowest BCUT2D eigenvalue weighted by atomic mass is 9.93. The van der Waals surface area contributed by atoms with Crippen LogP contribution in [0.4, 0.5) is 0 Å². The Hall–Kier alpha value is -3.14. The first-order valence-corrected chi connectivity index (χ1v) is 8.81. The van der Waals surface area contributed by atoms with E-state index in [1.54, 1.807) is 14.0 Å². The van der Waals surface area contributed by atoms with Gasteiger partial charge in [0.2, 0.25) is 0 Å². The molecule has 4 nitrogen and oxygen atoms in total. The van der Waals surface area contributed by atoms with Crippen molar-refractivity contribution in [1.29, 1.82) is 0 Å². The largest absolute Gasteiger partial charge is 0.496 e. The third-order valence-corrected chi connectivity index (χ3v) is 4.69. The van der Waals surface area contributed by atoms with E-state index in [-0.39, 0.29) is 18.2 Å². The van der Waals surface area contributed by atoms with E-state index in [4.69, 9.17) is 9.47 Å². The lowest BCUT2D eigenvalue weighted by Crippen LogP contribution is -2.03. The van der Waals surface area contributed by atoms with Gasteiger partial charge in [-0.2, -0.15) is 0 Å². The second-order valence-electron chi connectivity index (χ2n) is 6.40. The number of benzene rings is 3. The highest BCUT2D eigenvalue weighted by molar-refractivity contribution is 6.04. The van der Waals surface area contributed by atoms with Crippen molar-refractivity contribution < 1.29 is 19.1 Å². The molecule has 0 bridgehead atoms. The van der Waals surface area contributed by atoms with Crippen molar-refractivity contribution in [1.82, 2.24) is 0 Å². The van der Waals surface area contributed by atoms with E-state index in [0.29, 0.717) is 12.0 Å². The number of fused-ring (bicyclic) bond motifs is 1. The van der Waals surface area contributed by atoms with Crippen LogP contribution in [-0.4, -0.2) is 26.0 Å². The molecule has 0 aliphatic heterocycles. The van der Waals surface area contributed by atoms with Gasteiger partial charge in [-0.05, 0) is 65.1 Å². The monoisotopic (exact) mass is 362 g/mol. The Morgan fingerprint density at radius 3 is 2.44 bits per heavy atom. The number of carbonyl (C=O) groups excluding carboxylic acids is 2. The molecule has 0 atom stereocenters. The van der Waals surface area contributed by atoms with E-state index in [1.807, 2.05) is 54.6 Å². The van der Waals surface area contributed by atoms with E-state index in [1.165, 1.54) is 7.11 Å². The number of hydrogen-bond donors (Lipinski definition) is 0. The van der Waals surface area contributed by atoms with Crippen LogP contribution in [0.3, 0.4) is 0 Å². The number of rotatable bonds is 6. The highest BCUT2D eigenvalue weighted by Crippen LogP contribution is 2.33. The van der Waals surface area contributed by atoms with Crippen LogP contribution in [0.15, 0.2) is 54.6 Å². The molecule has 3 rings (SSSR count). The van der Waals surface area contributed by atoms with E-state index in [2.05, 4.69) is 0 Å². The second-order valence-corrected chi connectivity index (χ2v) is 6.40. The van der Waals surface area contributed by atoms with Gasteiger partial charge in [-0.1, -0.05) is 30.3 Å². The van der Waals surface area contributed by atoms with Crippen molar-refractivity contribution in [2.75, 3.05) is 14.2 Å². The van der Waals surface area contributed by atoms with Crippen LogP contribution < -0.4 is 4.74 Å². The third-order valence-electron chi connectivity index (χ3n) is 4.69. The summed E-state index contributed by atoms with van der Waals surface area (Å²) in [5.41, 5.74) is 3.57. The van der Waals surface area contributed by atoms with Gasteiger partial charge in [0.15, 0.2) is 5.78 Å². The fraction of sp³-hybridized carbons (Fsp3) is 0.217. The molecule has 0 aromatic heterocycles. The molecule has 0 saturated carbocycles. The molecule has 0 radical (unpaired) electrons. The van der Waals surface area contributed by atoms with E-state index in [0.717, 1.165) is 33.2 Å². The van der Waals surface area contributed by atoms with Crippen LogP contribution in [0, 0.1) is 0 Å². The molecule has 0 aliphatic rings. The Labute approximate surface area is 158 Å². The maximum absolute atomic E-state index is 12.0. The Morgan fingerprint density at radius 1 is 0.963 bits per heavy atom. The van der Waals surface area contributed by atoms with Gasteiger partial charge in [0.25, 0.3) is 0 Å². The SMILES string of the molecule is COC(=O)CCc1cc(-c2cc(C(C)=O)cc3ccccc23)ccc1OC. The summed E-state index contributed by atoms with van der Waals surface area (Å²) in [5, 5.41) is 2.10. The number of methoxy groups -OCH3 is 2. The summed E-state index contributed by atoms with van der Waals surface area (Å²) in [5.74, 6) is 0.502. The molecule has 3 aromatic carbocycles. The van der Waals surface area contributed by atoms with Gasteiger partial charge in [0, 0.05) is 12.0 Å². The predicted molar refractivity (Wildman–Crippen MR) is 106 cm³/mol. The van der Waals surface area contributed by atoms with E-state index < -0.39 is 0 Å². The molecule has 0 fully saturated rings. The lowest BCUT2D eigenvalue weighted by molar-refractivity contribution is -0.140. The highest BCUT2D eigenvalue weighted by atomic mass is 16.5. The summed E-state index contributed by atoms with van der Waals surface area (Å²) in [6.45, 7) is 1.57. The van der Waals surface area contributed by atoms with Gasteiger partial charge >= 0.3 is 5.97 Å². The zero-order valence-electron chi connectivity index (χ0n) is 15.7. The number of hydrogen-bond acceptors (Lipinski definition) is 4. The minimum absolute atomic E-state index is 0.0291. The standard InChI is InChI=1S/C23H22O4/c1-15(24)19-13-16-6-4-5-7-20(16)21(14-19)17-8-10-22(26-2)18(12-17)9-11-23(25)27-3/h4-8,10,12-14H,9,11H2,1-3H3. The maximum atomic E-state index is 12.0. The average Bonchev–Trinajstić information content (AvgIpc) is 2.70. The summed E-state index contributed by atoms with van der Waals surface area (Å²) < 4.78 is 10.2.